The highest BCUT2D eigenvalue weighted by molar-refractivity contribution is 5.92. The van der Waals surface area contributed by atoms with Crippen molar-refractivity contribution in [2.24, 2.45) is 5.73 Å². The highest BCUT2D eigenvalue weighted by Crippen LogP contribution is 2.18. The molecule has 12 nitrogen and oxygen atoms in total. The van der Waals surface area contributed by atoms with Crippen LogP contribution in [0.5, 0.6) is 5.75 Å². The number of primary amides is 1. The molecule has 258 valence electrons. The molecule has 8 N–H and O–H groups in total. The quantitative estimate of drug-likeness (QED) is 0.0896. The molecule has 0 saturated heterocycles. The van der Waals surface area contributed by atoms with Gasteiger partial charge >= 0.3 is 5.97 Å². The minimum atomic E-state index is -1.21. The van der Waals surface area contributed by atoms with Crippen LogP contribution in [0.4, 0.5) is 0 Å². The molecule has 0 fully saturated rings. The number of phenols is 1. The fourth-order valence-corrected chi connectivity index (χ4v) is 5.32. The summed E-state index contributed by atoms with van der Waals surface area (Å²) < 4.78 is 0. The Balaban J connectivity index is 1.70. The number of aromatic hydroxyl groups is 1. The van der Waals surface area contributed by atoms with Gasteiger partial charge in [0.05, 0.1) is 6.04 Å². The van der Waals surface area contributed by atoms with E-state index in [0.717, 1.165) is 21.9 Å². The van der Waals surface area contributed by atoms with Crippen LogP contribution in [0.2, 0.25) is 0 Å². The Labute approximate surface area is 280 Å². The molecule has 0 aliphatic heterocycles. The number of nitrogens with one attached hydrogen (secondary N) is 4. The first-order valence-electron chi connectivity index (χ1n) is 16.3. The molecule has 0 aliphatic carbocycles. The van der Waals surface area contributed by atoms with Crippen LogP contribution in [0.1, 0.15) is 63.5 Å². The standard InChI is InChI=1S/C36H47N5O7/c1-23(2)39-30(21-24-14-17-28(42)18-15-24)34(45)41-31(22-25-13-16-26-8-3-4-9-27(26)20-25)35(46)40-29(36(47)48)10-5-6-19-38-33(44)12-7-11-32(37)43/h3-4,8-9,13-18,20,23,29-31,39,42H,5-7,10-12,19,21-22H2,1-2H3,(H2,37,43)(H,38,44)(H,40,46)(H,41,45)(H,47,48). The van der Waals surface area contributed by atoms with Gasteiger partial charge in [0, 0.05) is 31.8 Å². The average molecular weight is 662 g/mol. The SMILES string of the molecule is CC(C)NC(Cc1ccc(O)cc1)C(=O)NC(Cc1ccc2ccccc2c1)C(=O)NC(CCCCNC(=O)CCCC(N)=O)C(=O)O. The third-order valence-corrected chi connectivity index (χ3v) is 7.80. The average Bonchev–Trinajstić information content (AvgIpc) is 3.03. The Morgan fingerprint density at radius 1 is 0.729 bits per heavy atom. The summed E-state index contributed by atoms with van der Waals surface area (Å²) in [7, 11) is 0. The number of carbonyl (C=O) groups is 5. The summed E-state index contributed by atoms with van der Waals surface area (Å²) >= 11 is 0. The van der Waals surface area contributed by atoms with Crippen LogP contribution in [0.3, 0.4) is 0 Å². The van der Waals surface area contributed by atoms with E-state index in [2.05, 4.69) is 21.3 Å². The molecule has 3 atom stereocenters. The van der Waals surface area contributed by atoms with Crippen molar-refractivity contribution in [3.63, 3.8) is 0 Å². The van der Waals surface area contributed by atoms with Crippen molar-refractivity contribution in [3.8, 4) is 5.75 Å². The lowest BCUT2D eigenvalue weighted by atomic mass is 9.99. The zero-order chi connectivity index (χ0) is 35.1. The second-order valence-electron chi connectivity index (χ2n) is 12.3. The Kier molecular flexibility index (Phi) is 14.8. The number of carboxylic acids is 1. The predicted molar refractivity (Wildman–Crippen MR) is 183 cm³/mol. The van der Waals surface area contributed by atoms with Crippen LogP contribution in [-0.2, 0) is 36.8 Å². The van der Waals surface area contributed by atoms with Crippen LogP contribution >= 0.6 is 0 Å². The minimum Gasteiger partial charge on any atom is -0.508 e. The Bertz CT molecular complexity index is 1540. The molecule has 0 heterocycles. The van der Waals surface area contributed by atoms with Crippen molar-refractivity contribution >= 4 is 40.4 Å². The van der Waals surface area contributed by atoms with Gasteiger partial charge in [0.25, 0.3) is 0 Å². The number of aliphatic carboxylic acids is 1. The van der Waals surface area contributed by atoms with Crippen LogP contribution in [0.15, 0.2) is 66.7 Å². The van der Waals surface area contributed by atoms with Gasteiger partial charge in [-0.25, -0.2) is 4.79 Å². The van der Waals surface area contributed by atoms with Gasteiger partial charge in [0.15, 0.2) is 0 Å². The monoisotopic (exact) mass is 661 g/mol. The van der Waals surface area contributed by atoms with Crippen LogP contribution in [-0.4, -0.2) is 70.5 Å². The third kappa shape index (κ3) is 13.0. The van der Waals surface area contributed by atoms with Crippen molar-refractivity contribution in [3.05, 3.63) is 77.9 Å². The number of phenolic OH excluding ortho intramolecular Hbond substituents is 1. The van der Waals surface area contributed by atoms with Gasteiger partial charge in [0.1, 0.15) is 17.8 Å². The Morgan fingerprint density at radius 3 is 2.02 bits per heavy atom. The van der Waals surface area contributed by atoms with Gasteiger partial charge in [-0.15, -0.1) is 0 Å². The summed E-state index contributed by atoms with van der Waals surface area (Å²) in [6, 6.07) is 17.0. The van der Waals surface area contributed by atoms with Gasteiger partial charge in [-0.3, -0.25) is 19.2 Å². The highest BCUT2D eigenvalue weighted by Gasteiger charge is 2.29. The number of carboxylic acid groups (broad SMARTS) is 1. The molecule has 3 aromatic rings. The number of hydrogen-bond acceptors (Lipinski definition) is 7. The molecule has 48 heavy (non-hydrogen) atoms. The summed E-state index contributed by atoms with van der Waals surface area (Å²) in [6.45, 7) is 4.13. The van der Waals surface area contributed by atoms with E-state index in [0.29, 0.717) is 32.2 Å². The van der Waals surface area contributed by atoms with E-state index in [1.54, 1.807) is 24.3 Å². The van der Waals surface area contributed by atoms with E-state index >= 15 is 0 Å². The van der Waals surface area contributed by atoms with Crippen LogP contribution in [0, 0.1) is 0 Å². The van der Waals surface area contributed by atoms with Crippen molar-refractivity contribution in [2.45, 2.75) is 89.4 Å². The summed E-state index contributed by atoms with van der Waals surface area (Å²) in [5, 5.41) is 33.1. The van der Waals surface area contributed by atoms with E-state index in [4.69, 9.17) is 5.73 Å². The summed E-state index contributed by atoms with van der Waals surface area (Å²) in [5.41, 5.74) is 6.69. The molecule has 4 amide bonds. The summed E-state index contributed by atoms with van der Waals surface area (Å²) in [6.07, 6.45) is 2.10. The molecule has 0 spiro atoms. The first kappa shape index (κ1) is 37.5. The van der Waals surface area contributed by atoms with E-state index in [1.165, 1.54) is 0 Å². The lowest BCUT2D eigenvalue weighted by Gasteiger charge is -2.26. The highest BCUT2D eigenvalue weighted by atomic mass is 16.4. The summed E-state index contributed by atoms with van der Waals surface area (Å²) in [4.78, 5) is 62.3. The fraction of sp³-hybridized carbons (Fsp3) is 0.417. The van der Waals surface area contributed by atoms with Gasteiger partial charge in [-0.05, 0) is 66.1 Å². The van der Waals surface area contributed by atoms with Crippen molar-refractivity contribution in [1.29, 1.82) is 0 Å². The first-order chi connectivity index (χ1) is 22.9. The normalized spacial score (nSPS) is 13.0. The lowest BCUT2D eigenvalue weighted by Crippen LogP contribution is -2.57. The summed E-state index contributed by atoms with van der Waals surface area (Å²) in [5.74, 6) is -2.83. The fourth-order valence-electron chi connectivity index (χ4n) is 5.32. The molecule has 3 rings (SSSR count). The lowest BCUT2D eigenvalue weighted by molar-refractivity contribution is -0.142. The third-order valence-electron chi connectivity index (χ3n) is 7.80. The molecule has 0 saturated carbocycles. The molecule has 12 heteroatoms. The molecule has 0 aromatic heterocycles. The number of fused-ring (bicyclic) bond motifs is 1. The van der Waals surface area contributed by atoms with Gasteiger partial charge in [-0.2, -0.15) is 0 Å². The number of unbranched alkanes of at least 4 members (excludes halogenated alkanes) is 1. The predicted octanol–water partition coefficient (Wildman–Crippen LogP) is 2.69. The molecule has 3 unspecified atom stereocenters. The van der Waals surface area contributed by atoms with E-state index in [1.807, 2.05) is 56.3 Å². The zero-order valence-electron chi connectivity index (χ0n) is 27.5. The molecule has 0 aliphatic rings. The van der Waals surface area contributed by atoms with Crippen LogP contribution in [0.25, 0.3) is 10.8 Å². The van der Waals surface area contributed by atoms with Gasteiger partial charge in [0.2, 0.25) is 23.6 Å². The number of rotatable bonds is 20. The maximum atomic E-state index is 13.7. The maximum absolute atomic E-state index is 13.7. The number of hydrogen-bond donors (Lipinski definition) is 7. The van der Waals surface area contributed by atoms with Gasteiger partial charge < -0.3 is 37.2 Å². The second kappa shape index (κ2) is 19.0. The Morgan fingerprint density at radius 2 is 1.35 bits per heavy atom. The first-order valence-corrected chi connectivity index (χ1v) is 16.3. The smallest absolute Gasteiger partial charge is 0.326 e. The largest absolute Gasteiger partial charge is 0.508 e. The molecule has 3 aromatic carbocycles. The van der Waals surface area contributed by atoms with E-state index < -0.39 is 41.8 Å². The number of carbonyl (C=O) groups excluding carboxylic acids is 4. The minimum absolute atomic E-state index is 0.0538. The molecule has 0 bridgehead atoms. The number of amides is 4. The van der Waals surface area contributed by atoms with Crippen LogP contribution < -0.4 is 27.0 Å². The van der Waals surface area contributed by atoms with Gasteiger partial charge in [-0.1, -0.05) is 68.4 Å². The van der Waals surface area contributed by atoms with E-state index in [-0.39, 0.29) is 43.4 Å². The maximum Gasteiger partial charge on any atom is 0.326 e. The Hall–Kier alpha value is -4.97. The van der Waals surface area contributed by atoms with Crippen molar-refractivity contribution in [1.82, 2.24) is 21.3 Å². The molecule has 0 radical (unpaired) electrons. The topological polar surface area (TPSA) is 200 Å². The zero-order valence-corrected chi connectivity index (χ0v) is 27.5. The second-order valence-corrected chi connectivity index (χ2v) is 12.3. The molecular formula is C36H47N5O7. The van der Waals surface area contributed by atoms with E-state index in [9.17, 15) is 34.2 Å². The molecular weight excluding hydrogens is 614 g/mol. The van der Waals surface area contributed by atoms with Crippen molar-refractivity contribution < 1.29 is 34.2 Å². The number of nitrogens with two attached hydrogens (primary N) is 1. The van der Waals surface area contributed by atoms with Crippen molar-refractivity contribution in [2.75, 3.05) is 6.54 Å². The number of benzene rings is 3.